The maximum absolute atomic E-state index is 5.58. The summed E-state index contributed by atoms with van der Waals surface area (Å²) in [4.78, 5) is 0. The van der Waals surface area contributed by atoms with Crippen LogP contribution >= 0.6 is 15.9 Å². The lowest BCUT2D eigenvalue weighted by Crippen LogP contribution is -2.22. The summed E-state index contributed by atoms with van der Waals surface area (Å²) in [6.45, 7) is 6.96. The summed E-state index contributed by atoms with van der Waals surface area (Å²) in [7, 11) is 0. The molecule has 0 aromatic rings. The van der Waals surface area contributed by atoms with Gasteiger partial charge in [-0.3, -0.25) is 0 Å². The maximum atomic E-state index is 5.58. The zero-order valence-corrected chi connectivity index (χ0v) is 9.70. The summed E-state index contributed by atoms with van der Waals surface area (Å²) in [6, 6.07) is 0. The Kier molecular flexibility index (Phi) is 6.51. The van der Waals surface area contributed by atoms with Gasteiger partial charge in [0.05, 0.1) is 5.33 Å². The summed E-state index contributed by atoms with van der Waals surface area (Å²) in [5.41, 5.74) is -0.289. The van der Waals surface area contributed by atoms with Gasteiger partial charge in [0.2, 0.25) is 0 Å². The van der Waals surface area contributed by atoms with Gasteiger partial charge in [-0.15, -0.1) is 0 Å². The van der Waals surface area contributed by atoms with Gasteiger partial charge in [-0.25, -0.2) is 0 Å². The number of hydrogen-bond donors (Lipinski definition) is 0. The van der Waals surface area contributed by atoms with E-state index in [0.29, 0.717) is 5.33 Å². The molecular formula is C10H17BrO. The number of ether oxygens (including phenoxy) is 1. The fourth-order valence-electron chi connectivity index (χ4n) is 0.754. The second kappa shape index (κ2) is 6.51. The molecule has 0 saturated carbocycles. The first-order valence-electron chi connectivity index (χ1n) is 4.32. The van der Waals surface area contributed by atoms with Gasteiger partial charge in [-0.2, -0.15) is 0 Å². The molecule has 0 aromatic carbocycles. The first kappa shape index (κ1) is 12.0. The van der Waals surface area contributed by atoms with Crippen molar-refractivity contribution in [3.05, 3.63) is 0 Å². The van der Waals surface area contributed by atoms with Gasteiger partial charge in [-0.1, -0.05) is 41.1 Å². The van der Waals surface area contributed by atoms with Crippen LogP contribution in [0.3, 0.4) is 0 Å². The van der Waals surface area contributed by atoms with Gasteiger partial charge in [0.1, 0.15) is 5.60 Å². The lowest BCUT2D eigenvalue weighted by atomic mass is 10.1. The smallest absolute Gasteiger partial charge is 0.123 e. The lowest BCUT2D eigenvalue weighted by Gasteiger charge is -2.18. The molecule has 0 N–H and O–H groups in total. The monoisotopic (exact) mass is 232 g/mol. The highest BCUT2D eigenvalue weighted by atomic mass is 79.9. The Labute approximate surface area is 84.0 Å². The van der Waals surface area contributed by atoms with Crippen molar-refractivity contribution >= 4 is 15.9 Å². The summed E-state index contributed by atoms with van der Waals surface area (Å²) in [5.74, 6) is 6.01. The molecule has 0 saturated heterocycles. The molecule has 1 nitrogen and oxygen atoms in total. The van der Waals surface area contributed by atoms with Gasteiger partial charge >= 0.3 is 0 Å². The van der Waals surface area contributed by atoms with Crippen molar-refractivity contribution in [3.63, 3.8) is 0 Å². The zero-order chi connectivity index (χ0) is 9.45. The molecule has 12 heavy (non-hydrogen) atoms. The molecule has 0 radical (unpaired) electrons. The summed E-state index contributed by atoms with van der Waals surface area (Å²) >= 11 is 3.25. The van der Waals surface area contributed by atoms with Gasteiger partial charge in [0.25, 0.3) is 0 Å². The molecule has 2 heteroatoms. The zero-order valence-electron chi connectivity index (χ0n) is 8.11. The fraction of sp³-hybridized carbons (Fsp3) is 0.800. The SMILES string of the molecule is CCCCOC(C)(C)C#CCBr. The van der Waals surface area contributed by atoms with E-state index in [2.05, 4.69) is 34.7 Å². The number of hydrogen-bond acceptors (Lipinski definition) is 1. The minimum atomic E-state index is -0.289. The summed E-state index contributed by atoms with van der Waals surface area (Å²) < 4.78 is 5.58. The van der Waals surface area contributed by atoms with E-state index in [4.69, 9.17) is 4.74 Å². The topological polar surface area (TPSA) is 9.23 Å². The quantitative estimate of drug-likeness (QED) is 0.412. The minimum Gasteiger partial charge on any atom is -0.363 e. The standard InChI is InChI=1S/C10H17BrO/c1-4-5-9-12-10(2,3)7-6-8-11/h4-5,8-9H2,1-3H3. The van der Waals surface area contributed by atoms with Crippen molar-refractivity contribution in [1.82, 2.24) is 0 Å². The van der Waals surface area contributed by atoms with Crippen LogP contribution in [0.1, 0.15) is 33.6 Å². The summed E-state index contributed by atoms with van der Waals surface area (Å²) in [5, 5.41) is 0.716. The van der Waals surface area contributed by atoms with E-state index in [1.165, 1.54) is 6.42 Å². The third-order valence-corrected chi connectivity index (χ3v) is 1.70. The fourth-order valence-corrected chi connectivity index (χ4v) is 0.894. The van der Waals surface area contributed by atoms with E-state index in [-0.39, 0.29) is 5.60 Å². The Bertz CT molecular complexity index is 164. The molecule has 0 amide bonds. The largest absolute Gasteiger partial charge is 0.363 e. The normalized spacial score (nSPS) is 10.7. The van der Waals surface area contributed by atoms with Gasteiger partial charge < -0.3 is 4.74 Å². The molecule has 0 spiro atoms. The van der Waals surface area contributed by atoms with E-state index >= 15 is 0 Å². The van der Waals surface area contributed by atoms with Crippen LogP contribution in [-0.4, -0.2) is 17.5 Å². The Hall–Kier alpha value is 0. The van der Waals surface area contributed by atoms with E-state index in [0.717, 1.165) is 13.0 Å². The average Bonchev–Trinajstić information content (AvgIpc) is 2.01. The third-order valence-electron chi connectivity index (χ3n) is 1.42. The van der Waals surface area contributed by atoms with Gasteiger partial charge in [-0.05, 0) is 20.3 Å². The van der Waals surface area contributed by atoms with Crippen LogP contribution in [0, 0.1) is 11.8 Å². The second-order valence-corrected chi connectivity index (χ2v) is 3.71. The Morgan fingerprint density at radius 3 is 2.58 bits per heavy atom. The van der Waals surface area contributed by atoms with E-state index in [1.807, 2.05) is 13.8 Å². The number of rotatable bonds is 4. The molecular weight excluding hydrogens is 216 g/mol. The average molecular weight is 233 g/mol. The van der Waals surface area contributed by atoms with Crippen LogP contribution in [0.5, 0.6) is 0 Å². The Morgan fingerprint density at radius 2 is 2.08 bits per heavy atom. The van der Waals surface area contributed by atoms with Crippen molar-refractivity contribution in [1.29, 1.82) is 0 Å². The highest BCUT2D eigenvalue weighted by Gasteiger charge is 2.13. The van der Waals surface area contributed by atoms with Crippen molar-refractivity contribution in [2.24, 2.45) is 0 Å². The number of alkyl halides is 1. The molecule has 0 aliphatic rings. The van der Waals surface area contributed by atoms with Crippen LogP contribution in [0.25, 0.3) is 0 Å². The number of unbranched alkanes of at least 4 members (excludes halogenated alkanes) is 1. The van der Waals surface area contributed by atoms with E-state index in [9.17, 15) is 0 Å². The first-order chi connectivity index (χ1) is 5.62. The highest BCUT2D eigenvalue weighted by molar-refractivity contribution is 9.09. The summed E-state index contributed by atoms with van der Waals surface area (Å²) in [6.07, 6.45) is 2.28. The van der Waals surface area contributed by atoms with Gasteiger partial charge in [0, 0.05) is 6.61 Å². The van der Waals surface area contributed by atoms with Crippen LogP contribution in [0.2, 0.25) is 0 Å². The van der Waals surface area contributed by atoms with Crippen LogP contribution < -0.4 is 0 Å². The lowest BCUT2D eigenvalue weighted by molar-refractivity contribution is 0.0254. The van der Waals surface area contributed by atoms with Crippen molar-refractivity contribution in [2.75, 3.05) is 11.9 Å². The van der Waals surface area contributed by atoms with Crippen molar-refractivity contribution in [3.8, 4) is 11.8 Å². The molecule has 70 valence electrons. The predicted molar refractivity (Wildman–Crippen MR) is 56.5 cm³/mol. The van der Waals surface area contributed by atoms with E-state index < -0.39 is 0 Å². The molecule has 0 aromatic heterocycles. The van der Waals surface area contributed by atoms with Crippen LogP contribution in [0.15, 0.2) is 0 Å². The predicted octanol–water partition coefficient (Wildman–Crippen LogP) is 2.98. The van der Waals surface area contributed by atoms with Crippen molar-refractivity contribution < 1.29 is 4.74 Å². The molecule has 0 bridgehead atoms. The molecule has 0 aliphatic heterocycles. The van der Waals surface area contributed by atoms with E-state index in [1.54, 1.807) is 0 Å². The molecule has 0 fully saturated rings. The van der Waals surface area contributed by atoms with Crippen LogP contribution in [0.4, 0.5) is 0 Å². The molecule has 0 atom stereocenters. The molecule has 0 unspecified atom stereocenters. The first-order valence-corrected chi connectivity index (χ1v) is 5.44. The van der Waals surface area contributed by atoms with Crippen molar-refractivity contribution in [2.45, 2.75) is 39.2 Å². The molecule has 0 aliphatic carbocycles. The molecule has 0 heterocycles. The highest BCUT2D eigenvalue weighted by Crippen LogP contribution is 2.08. The third kappa shape index (κ3) is 6.69. The maximum Gasteiger partial charge on any atom is 0.123 e. The van der Waals surface area contributed by atoms with Crippen LogP contribution in [-0.2, 0) is 4.74 Å². The number of halogens is 1. The Morgan fingerprint density at radius 1 is 1.42 bits per heavy atom. The Balaban J connectivity index is 3.71. The second-order valence-electron chi connectivity index (χ2n) is 3.15. The van der Waals surface area contributed by atoms with Gasteiger partial charge in [0.15, 0.2) is 0 Å². The minimum absolute atomic E-state index is 0.289. The molecule has 0 rings (SSSR count).